The highest BCUT2D eigenvalue weighted by molar-refractivity contribution is 7.91. The molecule has 3 N–H and O–H groups in total. The van der Waals surface area contributed by atoms with Crippen LogP contribution in [0.5, 0.6) is 0 Å². The van der Waals surface area contributed by atoms with E-state index in [4.69, 9.17) is 5.11 Å². The maximum Gasteiger partial charge on any atom is 0.221 e. The Kier molecular flexibility index (Phi) is 5.35. The molecule has 17 heavy (non-hydrogen) atoms. The van der Waals surface area contributed by atoms with Crippen LogP contribution in [-0.4, -0.2) is 56.2 Å². The number of aliphatic hydroxyl groups is 1. The summed E-state index contributed by atoms with van der Waals surface area (Å²) in [5.41, 5.74) is 0. The first-order valence-corrected chi connectivity index (χ1v) is 7.63. The molecule has 6 nitrogen and oxygen atoms in total. The lowest BCUT2D eigenvalue weighted by Crippen LogP contribution is -2.48. The Labute approximate surface area is 102 Å². The molecule has 0 radical (unpaired) electrons. The van der Waals surface area contributed by atoms with Crippen LogP contribution in [0.2, 0.25) is 0 Å². The predicted molar refractivity (Wildman–Crippen MR) is 64.4 cm³/mol. The van der Waals surface area contributed by atoms with Crippen LogP contribution >= 0.6 is 0 Å². The zero-order valence-corrected chi connectivity index (χ0v) is 10.8. The van der Waals surface area contributed by atoms with Gasteiger partial charge in [-0.15, -0.1) is 0 Å². The molecule has 0 spiro atoms. The highest BCUT2D eigenvalue weighted by Gasteiger charge is 2.26. The summed E-state index contributed by atoms with van der Waals surface area (Å²) in [6, 6.07) is -0.562. The van der Waals surface area contributed by atoms with Crippen molar-refractivity contribution in [1.29, 1.82) is 0 Å². The molecule has 0 bridgehead atoms. The van der Waals surface area contributed by atoms with Gasteiger partial charge < -0.3 is 15.7 Å². The van der Waals surface area contributed by atoms with Gasteiger partial charge in [-0.2, -0.15) is 0 Å². The molecule has 100 valence electrons. The molecule has 1 unspecified atom stereocenters. The lowest BCUT2D eigenvalue weighted by atomic mass is 10.2. The lowest BCUT2D eigenvalue weighted by Gasteiger charge is -2.24. The van der Waals surface area contributed by atoms with E-state index in [1.165, 1.54) is 0 Å². The third-order valence-electron chi connectivity index (χ3n) is 2.81. The highest BCUT2D eigenvalue weighted by Crippen LogP contribution is 2.05. The maximum absolute atomic E-state index is 11.6. The molecular weight excluding hydrogens is 244 g/mol. The fraction of sp³-hybridized carbons (Fsp3) is 0.900. The van der Waals surface area contributed by atoms with Crippen LogP contribution in [0, 0.1) is 0 Å². The van der Waals surface area contributed by atoms with Gasteiger partial charge in [-0.25, -0.2) is 8.42 Å². The van der Waals surface area contributed by atoms with Crippen molar-refractivity contribution in [1.82, 2.24) is 10.6 Å². The molecule has 1 fully saturated rings. The average Bonchev–Trinajstić information content (AvgIpc) is 2.24. The molecule has 0 aromatic rings. The second-order valence-electron chi connectivity index (χ2n) is 4.32. The highest BCUT2D eigenvalue weighted by atomic mass is 32.2. The standard InChI is InChI=1S/C10H20N2O4S/c1-2-8(6-13)12-10(14)5-9-7-17(15,16)4-3-11-9/h8-9,11,13H,2-7H2,1H3,(H,12,14)/t8-,9?/m1/s1. The van der Waals surface area contributed by atoms with Gasteiger partial charge in [0.25, 0.3) is 0 Å². The number of carbonyl (C=O) groups is 1. The molecular formula is C10H20N2O4S. The number of aliphatic hydroxyl groups excluding tert-OH is 1. The number of amides is 1. The van der Waals surface area contributed by atoms with E-state index in [1.54, 1.807) is 0 Å². The number of sulfone groups is 1. The van der Waals surface area contributed by atoms with E-state index < -0.39 is 9.84 Å². The van der Waals surface area contributed by atoms with E-state index in [0.717, 1.165) is 0 Å². The smallest absolute Gasteiger partial charge is 0.221 e. The minimum atomic E-state index is -3.01. The van der Waals surface area contributed by atoms with Gasteiger partial charge in [-0.1, -0.05) is 6.92 Å². The maximum atomic E-state index is 11.6. The van der Waals surface area contributed by atoms with Gasteiger partial charge in [-0.05, 0) is 6.42 Å². The summed E-state index contributed by atoms with van der Waals surface area (Å²) in [5, 5.41) is 14.6. The molecule has 7 heteroatoms. The minimum absolute atomic E-state index is 0.0103. The summed E-state index contributed by atoms with van der Waals surface area (Å²) in [5.74, 6) is -0.0733. The van der Waals surface area contributed by atoms with E-state index in [2.05, 4.69) is 10.6 Å². The van der Waals surface area contributed by atoms with Crippen molar-refractivity contribution in [3.63, 3.8) is 0 Å². The van der Waals surface area contributed by atoms with Gasteiger partial charge in [0.1, 0.15) is 0 Å². The lowest BCUT2D eigenvalue weighted by molar-refractivity contribution is -0.122. The van der Waals surface area contributed by atoms with Gasteiger partial charge in [0.2, 0.25) is 5.91 Å². The second-order valence-corrected chi connectivity index (χ2v) is 6.55. The molecule has 1 saturated heterocycles. The Bertz CT molecular complexity index is 351. The predicted octanol–water partition coefficient (Wildman–Crippen LogP) is -1.35. The van der Waals surface area contributed by atoms with Crippen molar-refractivity contribution in [2.24, 2.45) is 0 Å². The number of carbonyl (C=O) groups excluding carboxylic acids is 1. The molecule has 2 atom stereocenters. The summed E-state index contributed by atoms with van der Waals surface area (Å²) in [4.78, 5) is 11.6. The monoisotopic (exact) mass is 264 g/mol. The quantitative estimate of drug-likeness (QED) is 0.570. The molecule has 0 aromatic heterocycles. The molecule has 0 saturated carbocycles. The second kappa shape index (κ2) is 6.32. The van der Waals surface area contributed by atoms with Crippen LogP contribution in [0.3, 0.4) is 0 Å². The van der Waals surface area contributed by atoms with Crippen LogP contribution in [0.15, 0.2) is 0 Å². The average molecular weight is 264 g/mol. The Morgan fingerprint density at radius 1 is 1.59 bits per heavy atom. The molecule has 1 amide bonds. The first-order chi connectivity index (χ1) is 7.96. The van der Waals surface area contributed by atoms with Crippen LogP contribution in [0.25, 0.3) is 0 Å². The van der Waals surface area contributed by atoms with Gasteiger partial charge in [0, 0.05) is 19.0 Å². The Morgan fingerprint density at radius 3 is 2.82 bits per heavy atom. The molecule has 1 aliphatic heterocycles. The van der Waals surface area contributed by atoms with Crippen molar-refractivity contribution in [2.45, 2.75) is 31.8 Å². The van der Waals surface area contributed by atoms with Crippen molar-refractivity contribution in [2.75, 3.05) is 24.7 Å². The van der Waals surface area contributed by atoms with E-state index in [-0.39, 0.29) is 42.5 Å². The summed E-state index contributed by atoms with van der Waals surface area (Å²) in [6.07, 6.45) is 0.786. The van der Waals surface area contributed by atoms with Crippen molar-refractivity contribution < 1.29 is 18.3 Å². The topological polar surface area (TPSA) is 95.5 Å². The minimum Gasteiger partial charge on any atom is -0.394 e. The van der Waals surface area contributed by atoms with Crippen molar-refractivity contribution in [3.8, 4) is 0 Å². The Balaban J connectivity index is 2.40. The molecule has 0 aromatic carbocycles. The van der Waals surface area contributed by atoms with Gasteiger partial charge in [0.15, 0.2) is 9.84 Å². The third-order valence-corrected chi connectivity index (χ3v) is 4.55. The molecule has 1 rings (SSSR count). The normalized spacial score (nSPS) is 25.2. The van der Waals surface area contributed by atoms with Crippen LogP contribution in [-0.2, 0) is 14.6 Å². The molecule has 1 heterocycles. The summed E-state index contributed by atoms with van der Waals surface area (Å²) in [7, 11) is -3.01. The number of hydrogen-bond acceptors (Lipinski definition) is 5. The summed E-state index contributed by atoms with van der Waals surface area (Å²) in [6.45, 7) is 2.17. The molecule has 1 aliphatic rings. The number of rotatable bonds is 5. The largest absolute Gasteiger partial charge is 0.394 e. The summed E-state index contributed by atoms with van der Waals surface area (Å²) < 4.78 is 22.7. The van der Waals surface area contributed by atoms with E-state index in [9.17, 15) is 13.2 Å². The Hall–Kier alpha value is -0.660. The van der Waals surface area contributed by atoms with Gasteiger partial charge in [-0.3, -0.25) is 4.79 Å². The fourth-order valence-corrected chi connectivity index (χ4v) is 3.23. The Morgan fingerprint density at radius 2 is 2.29 bits per heavy atom. The van der Waals surface area contributed by atoms with Crippen LogP contribution in [0.4, 0.5) is 0 Å². The van der Waals surface area contributed by atoms with Crippen LogP contribution in [0.1, 0.15) is 19.8 Å². The van der Waals surface area contributed by atoms with E-state index >= 15 is 0 Å². The first kappa shape index (κ1) is 14.4. The molecule has 0 aliphatic carbocycles. The van der Waals surface area contributed by atoms with E-state index in [1.807, 2.05) is 6.92 Å². The number of nitrogens with one attached hydrogen (secondary N) is 2. The van der Waals surface area contributed by atoms with E-state index in [0.29, 0.717) is 13.0 Å². The van der Waals surface area contributed by atoms with Crippen molar-refractivity contribution in [3.05, 3.63) is 0 Å². The SMILES string of the molecule is CC[C@H](CO)NC(=O)CC1CS(=O)(=O)CCN1. The number of hydrogen-bond donors (Lipinski definition) is 3. The summed E-state index contributed by atoms with van der Waals surface area (Å²) >= 11 is 0. The van der Waals surface area contributed by atoms with Crippen LogP contribution < -0.4 is 10.6 Å². The van der Waals surface area contributed by atoms with Crippen molar-refractivity contribution >= 4 is 15.7 Å². The third kappa shape index (κ3) is 5.01. The fourth-order valence-electron chi connectivity index (χ4n) is 1.79. The van der Waals surface area contributed by atoms with Gasteiger partial charge in [0.05, 0.1) is 24.2 Å². The zero-order chi connectivity index (χ0) is 12.9. The zero-order valence-electron chi connectivity index (χ0n) is 9.98. The first-order valence-electron chi connectivity index (χ1n) is 5.81. The van der Waals surface area contributed by atoms with Gasteiger partial charge >= 0.3 is 0 Å².